The van der Waals surface area contributed by atoms with Crippen LogP contribution in [0.4, 0.5) is 26.3 Å². The van der Waals surface area contributed by atoms with E-state index in [0.717, 1.165) is 17.0 Å². The van der Waals surface area contributed by atoms with E-state index in [1.165, 1.54) is 23.9 Å². The Morgan fingerprint density at radius 2 is 1.19 bits per heavy atom. The molecule has 0 fully saturated rings. The van der Waals surface area contributed by atoms with Crippen LogP contribution in [0.15, 0.2) is 64.4 Å². The van der Waals surface area contributed by atoms with Gasteiger partial charge in [0, 0.05) is 13.2 Å². The molecule has 0 bridgehead atoms. The summed E-state index contributed by atoms with van der Waals surface area (Å²) in [5.74, 6) is -2.08. The van der Waals surface area contributed by atoms with Crippen LogP contribution in [-0.4, -0.2) is 37.1 Å². The summed E-state index contributed by atoms with van der Waals surface area (Å²) in [6.07, 6.45) is 0. The predicted molar refractivity (Wildman–Crippen MR) is 98.5 cm³/mol. The molecule has 0 aliphatic carbocycles. The molecule has 6 nitrogen and oxygen atoms in total. The Morgan fingerprint density at radius 3 is 1.61 bits per heavy atom. The average Bonchev–Trinajstić information content (AvgIpc) is 2.62. The second-order valence-electron chi connectivity index (χ2n) is 5.61. The molecule has 0 spiro atoms. The fourth-order valence-electron chi connectivity index (χ4n) is 2.06. The van der Waals surface area contributed by atoms with Crippen molar-refractivity contribution in [2.75, 3.05) is 0 Å². The van der Waals surface area contributed by atoms with E-state index in [9.17, 15) is 43.2 Å². The molecule has 0 heterocycles. The minimum absolute atomic E-state index is 0.346. The van der Waals surface area contributed by atoms with Crippen molar-refractivity contribution in [1.82, 2.24) is 0 Å². The first kappa shape index (κ1) is 25.0. The van der Waals surface area contributed by atoms with Crippen molar-refractivity contribution in [1.29, 1.82) is 0 Å². The fraction of sp³-hybridized carbons (Fsp3) is 0.188. The third-order valence-electron chi connectivity index (χ3n) is 3.35. The maximum absolute atomic E-state index is 12.8. The Kier molecular flexibility index (Phi) is 7.02. The number of sulfonamides is 2. The Morgan fingerprint density at radius 1 is 0.774 bits per heavy atom. The lowest BCUT2D eigenvalue weighted by atomic mass is 10.3. The lowest BCUT2D eigenvalue weighted by Gasteiger charge is -2.11. The first-order valence-electron chi connectivity index (χ1n) is 7.85. The van der Waals surface area contributed by atoms with Gasteiger partial charge in [0.15, 0.2) is 0 Å². The molecular weight excluding hydrogens is 496 g/mol. The number of ether oxygens (including phenoxy) is 1. The van der Waals surface area contributed by atoms with E-state index >= 15 is 0 Å². The number of hydrogen-bond donors (Lipinski definition) is 0. The van der Waals surface area contributed by atoms with Gasteiger partial charge in [-0.3, -0.25) is 0 Å². The third kappa shape index (κ3) is 5.51. The molecule has 15 heteroatoms. The van der Waals surface area contributed by atoms with Gasteiger partial charge in [-0.1, -0.05) is 30.0 Å². The second-order valence-corrected chi connectivity index (χ2v) is 10.5. The molecule has 0 saturated heterocycles. The van der Waals surface area contributed by atoms with E-state index in [0.29, 0.717) is 11.8 Å². The first-order chi connectivity index (χ1) is 14.1. The van der Waals surface area contributed by atoms with E-state index in [1.54, 1.807) is 30.3 Å². The highest BCUT2D eigenvalue weighted by atomic mass is 32.3. The molecular formula is C16H12F6NO5S3+. The number of hydrogen-bond acceptors (Lipinski definition) is 6. The van der Waals surface area contributed by atoms with Crippen molar-refractivity contribution in [2.45, 2.75) is 27.7 Å². The molecule has 0 saturated carbocycles. The lowest BCUT2D eigenvalue weighted by molar-refractivity contribution is -0.241. The monoisotopic (exact) mass is 508 g/mol. The Labute approximate surface area is 177 Å². The summed E-state index contributed by atoms with van der Waals surface area (Å²) in [6.45, 7) is 0.346. The van der Waals surface area contributed by atoms with Gasteiger partial charge < -0.3 is 4.74 Å². The molecule has 0 N–H and O–H groups in total. The highest BCUT2D eigenvalue weighted by Gasteiger charge is 2.68. The van der Waals surface area contributed by atoms with Crippen LogP contribution in [0.1, 0.15) is 6.92 Å². The maximum atomic E-state index is 12.8. The number of alkyl halides is 6. The highest BCUT2D eigenvalue weighted by molar-refractivity contribution is 7.99. The summed E-state index contributed by atoms with van der Waals surface area (Å²) in [5.41, 5.74) is -12.7. The van der Waals surface area contributed by atoms with Crippen molar-refractivity contribution in [3.8, 4) is 5.75 Å². The van der Waals surface area contributed by atoms with E-state index in [-0.39, 0.29) is 0 Å². The fourth-order valence-corrected chi connectivity index (χ4v) is 5.57. The molecule has 0 amide bonds. The van der Waals surface area contributed by atoms with Crippen LogP contribution in [0.25, 0.3) is 0 Å². The largest absolute Gasteiger partial charge is 0.561 e. The summed E-state index contributed by atoms with van der Waals surface area (Å²) >= 11 is 1.27. The number of halogens is 6. The van der Waals surface area contributed by atoms with Gasteiger partial charge in [-0.25, -0.2) is 0 Å². The van der Waals surface area contributed by atoms with E-state index in [4.69, 9.17) is 4.74 Å². The third-order valence-corrected chi connectivity index (χ3v) is 8.10. The Bertz CT molecular complexity index is 1130. The number of benzene rings is 2. The van der Waals surface area contributed by atoms with Gasteiger partial charge >= 0.3 is 37.0 Å². The van der Waals surface area contributed by atoms with E-state index in [2.05, 4.69) is 0 Å². The van der Waals surface area contributed by atoms with Crippen LogP contribution < -0.4 is 4.74 Å². The van der Waals surface area contributed by atoms with Gasteiger partial charge in [0.25, 0.3) is 0 Å². The molecule has 2 aromatic rings. The van der Waals surface area contributed by atoms with Gasteiger partial charge in [0.2, 0.25) is 0 Å². The minimum atomic E-state index is -6.99. The molecule has 170 valence electrons. The van der Waals surface area contributed by atoms with Crippen molar-refractivity contribution in [3.05, 3.63) is 54.6 Å². The quantitative estimate of drug-likeness (QED) is 0.259. The van der Waals surface area contributed by atoms with Crippen LogP contribution in [0.3, 0.4) is 0 Å². The molecule has 0 aliphatic heterocycles. The minimum Gasteiger partial charge on any atom is -0.407 e. The van der Waals surface area contributed by atoms with Gasteiger partial charge in [-0.05, 0) is 36.4 Å². The second kappa shape index (κ2) is 8.70. The van der Waals surface area contributed by atoms with Gasteiger partial charge in [0.05, 0.1) is 6.92 Å². The zero-order valence-corrected chi connectivity index (χ0v) is 17.6. The van der Waals surface area contributed by atoms with E-state index < -0.39 is 46.1 Å². The Hall–Kier alpha value is -2.26. The molecule has 0 aliphatic rings. The first-order valence-corrected chi connectivity index (χ1v) is 11.5. The number of nitrogens with zero attached hydrogens (tertiary/aromatic N) is 1. The summed E-state index contributed by atoms with van der Waals surface area (Å²) in [6, 6.07) is 13.9. The molecule has 2 aromatic carbocycles. The zero-order valence-electron chi connectivity index (χ0n) is 15.2. The predicted octanol–water partition coefficient (Wildman–Crippen LogP) is 4.35. The maximum Gasteiger partial charge on any atom is 0.561 e. The van der Waals surface area contributed by atoms with Crippen LogP contribution >= 0.6 is 11.8 Å². The van der Waals surface area contributed by atoms with Crippen LogP contribution in [0.5, 0.6) is 5.75 Å². The lowest BCUT2D eigenvalue weighted by Crippen LogP contribution is -2.46. The van der Waals surface area contributed by atoms with Crippen molar-refractivity contribution in [2.24, 2.45) is 0 Å². The summed E-state index contributed by atoms with van der Waals surface area (Å²) < 4.78 is 126. The molecule has 0 radical (unpaired) electrons. The van der Waals surface area contributed by atoms with Gasteiger partial charge in [0.1, 0.15) is 5.75 Å². The molecule has 31 heavy (non-hydrogen) atoms. The van der Waals surface area contributed by atoms with Gasteiger partial charge in [-0.2, -0.15) is 43.2 Å². The summed E-state index contributed by atoms with van der Waals surface area (Å²) in [7, 11) is -14.0. The summed E-state index contributed by atoms with van der Waals surface area (Å²) in [4.78, 5) is 1.44. The van der Waals surface area contributed by atoms with Crippen LogP contribution in [0, 0.1) is 0 Å². The van der Waals surface area contributed by atoms with Crippen LogP contribution in [-0.2, 0) is 20.0 Å². The van der Waals surface area contributed by atoms with Crippen LogP contribution in [0.2, 0.25) is 0 Å². The van der Waals surface area contributed by atoms with Crippen molar-refractivity contribution < 1.29 is 51.3 Å². The Balaban J connectivity index is 2.46. The van der Waals surface area contributed by atoms with E-state index in [1.807, 2.05) is 0 Å². The topological polar surface area (TPSA) is 80.5 Å². The average molecular weight is 508 g/mol. The van der Waals surface area contributed by atoms with Gasteiger partial charge in [-0.15, -0.1) is 0 Å². The smallest absolute Gasteiger partial charge is 0.407 e. The highest BCUT2D eigenvalue weighted by Crippen LogP contribution is 2.33. The van der Waals surface area contributed by atoms with Crippen molar-refractivity contribution >= 4 is 37.7 Å². The van der Waals surface area contributed by atoms with Crippen molar-refractivity contribution in [3.63, 3.8) is 0 Å². The SMILES string of the molecule is CC(Oc1ccc(Sc2ccccc2)cc1)=[N+](S(=O)(=O)C(F)(F)F)S(=O)(=O)C(F)(F)F. The molecule has 0 atom stereocenters. The number of rotatable bonds is 5. The molecule has 0 unspecified atom stereocenters. The normalized spacial score (nSPS) is 13.0. The molecule has 0 aromatic heterocycles. The molecule has 2 rings (SSSR count). The standard InChI is InChI=1S/C16H12F6NO5S3/c1-11(23(30(24,25)15(17,18)19)31(26,27)16(20,21)22)28-12-7-9-14(10-8-12)29-13-5-3-2-4-6-13/h2-10H,1H3/q+1. The summed E-state index contributed by atoms with van der Waals surface area (Å²) in [5, 5.41) is 0. The zero-order chi connectivity index (χ0) is 23.7.